The van der Waals surface area contributed by atoms with E-state index < -0.39 is 0 Å². The molecule has 17 heavy (non-hydrogen) atoms. The number of anilines is 1. The zero-order chi connectivity index (χ0) is 12.4. The highest BCUT2D eigenvalue weighted by Gasteiger charge is 2.32. The molecule has 1 saturated heterocycles. The van der Waals surface area contributed by atoms with E-state index in [0.717, 1.165) is 12.0 Å². The summed E-state index contributed by atoms with van der Waals surface area (Å²) in [5.41, 5.74) is 0.757. The summed E-state index contributed by atoms with van der Waals surface area (Å²) in [6.45, 7) is 2.04. The van der Waals surface area contributed by atoms with Crippen molar-refractivity contribution in [3.63, 3.8) is 0 Å². The Kier molecular flexibility index (Phi) is 3.23. The molecule has 1 aliphatic heterocycles. The molecule has 0 aliphatic carbocycles. The third-order valence-corrected chi connectivity index (χ3v) is 3.54. The summed E-state index contributed by atoms with van der Waals surface area (Å²) in [5, 5.41) is 4.11. The molecule has 2 rings (SSSR count). The van der Waals surface area contributed by atoms with E-state index in [0.29, 0.717) is 11.3 Å². The van der Waals surface area contributed by atoms with Gasteiger partial charge in [-0.2, -0.15) is 0 Å². The molecule has 1 unspecified atom stereocenters. The predicted octanol–water partition coefficient (Wildman–Crippen LogP) is 0.802. The number of carbonyl (C=O) groups is 3. The molecule has 1 atom stereocenters. The molecule has 1 aromatic rings. The lowest BCUT2D eigenvalue weighted by atomic mass is 10.1. The van der Waals surface area contributed by atoms with Gasteiger partial charge in [-0.05, 0) is 12.5 Å². The third kappa shape index (κ3) is 2.21. The summed E-state index contributed by atoms with van der Waals surface area (Å²) in [4.78, 5) is 36.0. The van der Waals surface area contributed by atoms with Crippen molar-refractivity contribution in [2.24, 2.45) is 0 Å². The van der Waals surface area contributed by atoms with Gasteiger partial charge in [0, 0.05) is 11.1 Å². The van der Waals surface area contributed by atoms with Crippen LogP contribution in [0.5, 0.6) is 0 Å². The zero-order valence-electron chi connectivity index (χ0n) is 9.30. The van der Waals surface area contributed by atoms with Crippen LogP contribution in [0.3, 0.4) is 0 Å². The molecule has 0 spiro atoms. The number of amides is 2. The van der Waals surface area contributed by atoms with Crippen molar-refractivity contribution in [1.82, 2.24) is 5.32 Å². The summed E-state index contributed by atoms with van der Waals surface area (Å²) in [7, 11) is 0. The van der Waals surface area contributed by atoms with Crippen molar-refractivity contribution in [1.29, 1.82) is 0 Å². The minimum atomic E-state index is -0.346. The highest BCUT2D eigenvalue weighted by molar-refractivity contribution is 7.12. The van der Waals surface area contributed by atoms with Gasteiger partial charge in [-0.1, -0.05) is 6.92 Å². The second kappa shape index (κ2) is 4.67. The number of hydrogen-bond donors (Lipinski definition) is 1. The quantitative estimate of drug-likeness (QED) is 0.638. The molecule has 5 nitrogen and oxygen atoms in total. The van der Waals surface area contributed by atoms with Crippen molar-refractivity contribution < 1.29 is 14.4 Å². The number of hydrogen-bond acceptors (Lipinski definition) is 5. The summed E-state index contributed by atoms with van der Waals surface area (Å²) < 4.78 is 0. The summed E-state index contributed by atoms with van der Waals surface area (Å²) >= 11 is 1.31. The highest BCUT2D eigenvalue weighted by Crippen LogP contribution is 2.26. The second-order valence-corrected chi connectivity index (χ2v) is 4.73. The first kappa shape index (κ1) is 11.8. The summed E-state index contributed by atoms with van der Waals surface area (Å²) in [6.07, 6.45) is 1.38. The van der Waals surface area contributed by atoms with Crippen LogP contribution in [-0.4, -0.2) is 30.7 Å². The molecule has 90 valence electrons. The second-order valence-electron chi connectivity index (χ2n) is 3.79. The van der Waals surface area contributed by atoms with E-state index in [4.69, 9.17) is 0 Å². The fourth-order valence-corrected chi connectivity index (χ4v) is 2.60. The van der Waals surface area contributed by atoms with Gasteiger partial charge in [0.2, 0.25) is 11.8 Å². The van der Waals surface area contributed by atoms with Crippen LogP contribution in [0.4, 0.5) is 5.69 Å². The van der Waals surface area contributed by atoms with Crippen LogP contribution >= 0.6 is 11.3 Å². The van der Waals surface area contributed by atoms with E-state index in [-0.39, 0.29) is 24.4 Å². The number of thiophene rings is 1. The van der Waals surface area contributed by atoms with Crippen molar-refractivity contribution in [3.05, 3.63) is 16.3 Å². The van der Waals surface area contributed by atoms with E-state index in [1.807, 2.05) is 6.92 Å². The Morgan fingerprint density at radius 3 is 2.94 bits per heavy atom. The molecule has 0 aromatic carbocycles. The normalized spacial score (nSPS) is 20.3. The Morgan fingerprint density at radius 2 is 2.35 bits per heavy atom. The molecule has 2 amide bonds. The first-order chi connectivity index (χ1) is 8.15. The standard InChI is InChI=1S/C11H12N2O3S/c1-2-9-11(16)12-10(15)4-13(9)7-3-8(5-14)17-6-7/h3,5-6,9H,2,4H2,1H3,(H,12,15,16). The summed E-state index contributed by atoms with van der Waals surface area (Å²) in [6, 6.07) is 1.36. The fourth-order valence-electron chi connectivity index (χ4n) is 1.90. The maximum Gasteiger partial charge on any atom is 0.249 e. The molecule has 0 bridgehead atoms. The SMILES string of the molecule is CCC1C(=O)NC(=O)CN1c1csc(C=O)c1. The average Bonchev–Trinajstić information content (AvgIpc) is 2.76. The lowest BCUT2D eigenvalue weighted by molar-refractivity contribution is -0.132. The van der Waals surface area contributed by atoms with Crippen molar-refractivity contribution in [2.45, 2.75) is 19.4 Å². The first-order valence-electron chi connectivity index (χ1n) is 5.29. The number of nitrogens with zero attached hydrogens (tertiary/aromatic N) is 1. The van der Waals surface area contributed by atoms with Gasteiger partial charge in [-0.25, -0.2) is 0 Å². The summed E-state index contributed by atoms with van der Waals surface area (Å²) in [5.74, 6) is -0.582. The van der Waals surface area contributed by atoms with Crippen molar-refractivity contribution >= 4 is 35.1 Å². The molecule has 2 heterocycles. The number of nitrogens with one attached hydrogen (secondary N) is 1. The van der Waals surface area contributed by atoms with Crippen molar-refractivity contribution in [3.8, 4) is 0 Å². The Balaban J connectivity index is 2.30. The van der Waals surface area contributed by atoms with E-state index in [1.165, 1.54) is 11.3 Å². The Morgan fingerprint density at radius 1 is 1.59 bits per heavy atom. The average molecular weight is 252 g/mol. The van der Waals surface area contributed by atoms with Gasteiger partial charge in [0.15, 0.2) is 6.29 Å². The monoisotopic (exact) mass is 252 g/mol. The molecule has 1 aliphatic rings. The van der Waals surface area contributed by atoms with Gasteiger partial charge in [-0.3, -0.25) is 19.7 Å². The molecule has 0 saturated carbocycles. The van der Waals surface area contributed by atoms with Gasteiger partial charge in [-0.15, -0.1) is 11.3 Å². The lowest BCUT2D eigenvalue weighted by Gasteiger charge is -2.34. The number of rotatable bonds is 3. The van der Waals surface area contributed by atoms with Crippen LogP contribution in [0.15, 0.2) is 11.4 Å². The van der Waals surface area contributed by atoms with E-state index >= 15 is 0 Å². The fraction of sp³-hybridized carbons (Fsp3) is 0.364. The highest BCUT2D eigenvalue weighted by atomic mass is 32.1. The number of carbonyl (C=O) groups excluding carboxylic acids is 3. The molecule has 1 N–H and O–H groups in total. The van der Waals surface area contributed by atoms with Crippen LogP contribution in [0.1, 0.15) is 23.0 Å². The van der Waals surface area contributed by atoms with Crippen LogP contribution in [-0.2, 0) is 9.59 Å². The number of aldehydes is 1. The predicted molar refractivity (Wildman–Crippen MR) is 64.3 cm³/mol. The van der Waals surface area contributed by atoms with Gasteiger partial charge in [0.1, 0.15) is 6.04 Å². The van der Waals surface area contributed by atoms with Gasteiger partial charge < -0.3 is 4.90 Å². The number of piperazine rings is 1. The van der Waals surface area contributed by atoms with E-state index in [2.05, 4.69) is 5.32 Å². The largest absolute Gasteiger partial charge is 0.349 e. The smallest absolute Gasteiger partial charge is 0.249 e. The van der Waals surface area contributed by atoms with Crippen LogP contribution in [0.25, 0.3) is 0 Å². The lowest BCUT2D eigenvalue weighted by Crippen LogP contribution is -2.58. The van der Waals surface area contributed by atoms with Crippen LogP contribution < -0.4 is 10.2 Å². The molecular weight excluding hydrogens is 240 g/mol. The third-order valence-electron chi connectivity index (χ3n) is 2.70. The minimum Gasteiger partial charge on any atom is -0.349 e. The first-order valence-corrected chi connectivity index (χ1v) is 6.17. The molecule has 1 aromatic heterocycles. The van der Waals surface area contributed by atoms with Gasteiger partial charge >= 0.3 is 0 Å². The van der Waals surface area contributed by atoms with Gasteiger partial charge in [0.25, 0.3) is 0 Å². The zero-order valence-corrected chi connectivity index (χ0v) is 10.1. The van der Waals surface area contributed by atoms with Crippen molar-refractivity contribution in [2.75, 3.05) is 11.4 Å². The van der Waals surface area contributed by atoms with E-state index in [9.17, 15) is 14.4 Å². The Hall–Kier alpha value is -1.69. The van der Waals surface area contributed by atoms with Gasteiger partial charge in [0.05, 0.1) is 11.4 Å². The molecule has 6 heteroatoms. The molecular formula is C11H12N2O3S. The Bertz CT molecular complexity index is 469. The molecule has 1 fully saturated rings. The number of imide groups is 1. The van der Waals surface area contributed by atoms with Crippen LogP contribution in [0.2, 0.25) is 0 Å². The topological polar surface area (TPSA) is 66.5 Å². The van der Waals surface area contributed by atoms with E-state index in [1.54, 1.807) is 16.3 Å². The molecule has 0 radical (unpaired) electrons. The maximum atomic E-state index is 11.7. The van der Waals surface area contributed by atoms with Crippen LogP contribution in [0, 0.1) is 0 Å². The maximum absolute atomic E-state index is 11.7. The minimum absolute atomic E-state index is 0.152. The Labute approximate surface area is 102 Å².